The van der Waals surface area contributed by atoms with Crippen LogP contribution in [-0.4, -0.2) is 47.4 Å². The zero-order valence-electron chi connectivity index (χ0n) is 55.5. The Kier molecular flexibility index (Phi) is 69.9. The lowest BCUT2D eigenvalue weighted by Gasteiger charge is -2.20. The molecule has 0 bridgehead atoms. The van der Waals surface area contributed by atoms with E-state index >= 15 is 0 Å². The molecule has 0 saturated heterocycles. The van der Waals surface area contributed by atoms with Crippen molar-refractivity contribution in [2.75, 3.05) is 13.2 Å². The lowest BCUT2D eigenvalue weighted by atomic mass is 10.0. The molecule has 0 heterocycles. The number of hydrogen-bond acceptors (Lipinski definition) is 5. The number of amides is 1. The van der Waals surface area contributed by atoms with Crippen molar-refractivity contribution in [3.63, 3.8) is 0 Å². The van der Waals surface area contributed by atoms with Crippen molar-refractivity contribution in [1.82, 2.24) is 5.32 Å². The maximum atomic E-state index is 12.5. The number of hydrogen-bond donors (Lipinski definition) is 3. The predicted octanol–water partition coefficient (Wildman–Crippen LogP) is 24.3. The van der Waals surface area contributed by atoms with Gasteiger partial charge in [-0.3, -0.25) is 9.59 Å². The predicted molar refractivity (Wildman–Crippen MR) is 361 cm³/mol. The standard InChI is InChI=1S/C76H145NO5/c1-3-5-7-9-11-13-15-17-19-21-23-33-36-40-44-48-52-56-60-64-68-74(79)73(72-78)77-75(80)69-65-61-57-53-49-45-41-37-34-30-28-26-24-25-27-29-31-35-39-43-47-51-55-59-63-67-71-82-76(81)70-66-62-58-54-50-46-42-38-32-22-20-18-16-14-12-10-8-6-4-2/h18,20,24,26,64,68,73-74,78-79H,3-17,19,21-23,25,27-63,65-67,69-72H2,1-2H3,(H,77,80)/b20-18-,26-24-,68-64+. The normalized spacial score (nSPS) is 12.7. The second-order valence-electron chi connectivity index (χ2n) is 25.6. The van der Waals surface area contributed by atoms with E-state index in [0.717, 1.165) is 44.9 Å². The van der Waals surface area contributed by atoms with Crippen LogP contribution in [0.3, 0.4) is 0 Å². The van der Waals surface area contributed by atoms with Crippen molar-refractivity contribution in [2.45, 2.75) is 424 Å². The SMILES string of the molecule is CCCCCCCC/C=C\CCCCCCCCCCCC(=O)OCCCCCCCCCCCCCC/C=C\CCCCCCCCCCCCC(=O)NC(CO)C(O)/C=C/CCCCCCCCCCCCCCCCCCCC. The average molecular weight is 1150 g/mol. The minimum atomic E-state index is -0.847. The van der Waals surface area contributed by atoms with Gasteiger partial charge in [0.1, 0.15) is 0 Å². The Hall–Kier alpha value is -1.92. The first-order valence-electron chi connectivity index (χ1n) is 37.3. The van der Waals surface area contributed by atoms with Crippen molar-refractivity contribution < 1.29 is 24.5 Å². The van der Waals surface area contributed by atoms with Crippen LogP contribution in [0.1, 0.15) is 412 Å². The first-order chi connectivity index (χ1) is 40.5. The molecule has 0 aromatic heterocycles. The number of aliphatic hydroxyl groups is 2. The van der Waals surface area contributed by atoms with Gasteiger partial charge in [0.15, 0.2) is 0 Å². The summed E-state index contributed by atoms with van der Waals surface area (Å²) >= 11 is 0. The monoisotopic (exact) mass is 1150 g/mol. The molecule has 1 amide bonds. The van der Waals surface area contributed by atoms with Crippen LogP contribution in [0.2, 0.25) is 0 Å². The minimum absolute atomic E-state index is 0.0142. The van der Waals surface area contributed by atoms with Crippen LogP contribution in [0.15, 0.2) is 36.5 Å². The van der Waals surface area contributed by atoms with Crippen molar-refractivity contribution in [3.8, 4) is 0 Å². The van der Waals surface area contributed by atoms with Gasteiger partial charge in [0, 0.05) is 12.8 Å². The number of ether oxygens (including phenoxy) is 1. The van der Waals surface area contributed by atoms with Crippen molar-refractivity contribution in [1.29, 1.82) is 0 Å². The average Bonchev–Trinajstić information content (AvgIpc) is 3.48. The Labute approximate surface area is 513 Å². The lowest BCUT2D eigenvalue weighted by molar-refractivity contribution is -0.143. The van der Waals surface area contributed by atoms with Gasteiger partial charge in [-0.25, -0.2) is 0 Å². The molecule has 3 N–H and O–H groups in total. The first kappa shape index (κ1) is 80.1. The molecule has 0 fully saturated rings. The van der Waals surface area contributed by atoms with Gasteiger partial charge in [-0.2, -0.15) is 0 Å². The molecule has 0 spiro atoms. The molecule has 0 rings (SSSR count). The molecule has 0 aliphatic rings. The van der Waals surface area contributed by atoms with Gasteiger partial charge >= 0.3 is 5.97 Å². The quantitative estimate of drug-likeness (QED) is 0.0320. The van der Waals surface area contributed by atoms with E-state index in [1.54, 1.807) is 6.08 Å². The summed E-state index contributed by atoms with van der Waals surface area (Å²) < 4.78 is 5.51. The van der Waals surface area contributed by atoms with Gasteiger partial charge in [0.2, 0.25) is 5.91 Å². The fourth-order valence-corrected chi connectivity index (χ4v) is 11.7. The van der Waals surface area contributed by atoms with Crippen molar-refractivity contribution in [3.05, 3.63) is 36.5 Å². The minimum Gasteiger partial charge on any atom is -0.466 e. The summed E-state index contributed by atoms with van der Waals surface area (Å²) in [5.41, 5.74) is 0. The highest BCUT2D eigenvalue weighted by Crippen LogP contribution is 2.19. The van der Waals surface area contributed by atoms with E-state index in [9.17, 15) is 19.8 Å². The molecule has 0 aliphatic heterocycles. The van der Waals surface area contributed by atoms with Crippen LogP contribution < -0.4 is 5.32 Å². The number of rotatable bonds is 70. The smallest absolute Gasteiger partial charge is 0.305 e. The Balaban J connectivity index is 3.40. The number of nitrogens with one attached hydrogen (secondary N) is 1. The number of esters is 1. The van der Waals surface area contributed by atoms with E-state index in [-0.39, 0.29) is 18.5 Å². The number of unbranched alkanes of at least 4 members (excludes halogenated alkanes) is 55. The fourth-order valence-electron chi connectivity index (χ4n) is 11.7. The van der Waals surface area contributed by atoms with Crippen LogP contribution in [0, 0.1) is 0 Å². The van der Waals surface area contributed by atoms with Crippen LogP contribution in [0.25, 0.3) is 0 Å². The van der Waals surface area contributed by atoms with E-state index in [0.29, 0.717) is 19.4 Å². The second-order valence-corrected chi connectivity index (χ2v) is 25.6. The summed E-state index contributed by atoms with van der Waals surface area (Å²) in [7, 11) is 0. The Morgan fingerprint density at radius 1 is 0.329 bits per heavy atom. The highest BCUT2D eigenvalue weighted by Gasteiger charge is 2.18. The highest BCUT2D eigenvalue weighted by molar-refractivity contribution is 5.76. The van der Waals surface area contributed by atoms with Crippen LogP contribution in [0.5, 0.6) is 0 Å². The lowest BCUT2D eigenvalue weighted by Crippen LogP contribution is -2.45. The molecule has 82 heavy (non-hydrogen) atoms. The second kappa shape index (κ2) is 71.6. The molecule has 2 unspecified atom stereocenters. The van der Waals surface area contributed by atoms with Gasteiger partial charge < -0.3 is 20.3 Å². The Morgan fingerprint density at radius 3 is 0.866 bits per heavy atom. The third-order valence-corrected chi connectivity index (χ3v) is 17.4. The fraction of sp³-hybridized carbons (Fsp3) is 0.895. The van der Waals surface area contributed by atoms with E-state index < -0.39 is 12.1 Å². The molecule has 0 radical (unpaired) electrons. The van der Waals surface area contributed by atoms with Crippen LogP contribution >= 0.6 is 0 Å². The van der Waals surface area contributed by atoms with Gasteiger partial charge in [-0.05, 0) is 83.5 Å². The molecule has 0 aromatic rings. The maximum absolute atomic E-state index is 12.5. The van der Waals surface area contributed by atoms with E-state index in [1.807, 2.05) is 6.08 Å². The number of carbonyl (C=O) groups is 2. The Morgan fingerprint density at radius 2 is 0.573 bits per heavy atom. The summed E-state index contributed by atoms with van der Waals surface area (Å²) in [5, 5.41) is 23.2. The molecule has 6 heteroatoms. The van der Waals surface area contributed by atoms with E-state index in [4.69, 9.17) is 4.74 Å². The van der Waals surface area contributed by atoms with Crippen molar-refractivity contribution >= 4 is 11.9 Å². The molecule has 0 saturated carbocycles. The molecule has 484 valence electrons. The zero-order valence-corrected chi connectivity index (χ0v) is 55.5. The largest absolute Gasteiger partial charge is 0.466 e. The highest BCUT2D eigenvalue weighted by atomic mass is 16.5. The molecule has 0 aliphatic carbocycles. The molecule has 0 aromatic carbocycles. The number of carbonyl (C=O) groups excluding carboxylic acids is 2. The van der Waals surface area contributed by atoms with Gasteiger partial charge in [-0.1, -0.05) is 352 Å². The van der Waals surface area contributed by atoms with Gasteiger partial charge in [0.25, 0.3) is 0 Å². The maximum Gasteiger partial charge on any atom is 0.305 e. The van der Waals surface area contributed by atoms with Crippen LogP contribution in [-0.2, 0) is 14.3 Å². The van der Waals surface area contributed by atoms with Crippen LogP contribution in [0.4, 0.5) is 0 Å². The molecular weight excluding hydrogens is 1010 g/mol. The van der Waals surface area contributed by atoms with Crippen molar-refractivity contribution in [2.24, 2.45) is 0 Å². The summed E-state index contributed by atoms with van der Waals surface area (Å²) in [5.74, 6) is -0.0520. The third-order valence-electron chi connectivity index (χ3n) is 17.4. The topological polar surface area (TPSA) is 95.9 Å². The first-order valence-corrected chi connectivity index (χ1v) is 37.3. The summed E-state index contributed by atoms with van der Waals surface area (Å²) in [6, 6.07) is -0.631. The van der Waals surface area contributed by atoms with Gasteiger partial charge in [-0.15, -0.1) is 0 Å². The number of aliphatic hydroxyl groups excluding tert-OH is 2. The van der Waals surface area contributed by atoms with E-state index in [1.165, 1.54) is 340 Å². The number of allylic oxidation sites excluding steroid dienone is 5. The molecular formula is C76H145NO5. The Bertz CT molecular complexity index is 1330. The zero-order chi connectivity index (χ0) is 59.2. The summed E-state index contributed by atoms with van der Waals surface area (Å²) in [6.45, 7) is 4.94. The molecule has 6 nitrogen and oxygen atoms in total. The summed E-state index contributed by atoms with van der Waals surface area (Å²) in [4.78, 5) is 24.6. The van der Waals surface area contributed by atoms with E-state index in [2.05, 4.69) is 43.5 Å². The summed E-state index contributed by atoms with van der Waals surface area (Å²) in [6.07, 6.45) is 92.3. The molecule has 2 atom stereocenters. The third kappa shape index (κ3) is 67.2. The van der Waals surface area contributed by atoms with Gasteiger partial charge in [0.05, 0.1) is 25.4 Å².